The Labute approximate surface area is 528 Å². The fourth-order valence-corrected chi connectivity index (χ4v) is 8.91. The monoisotopic (exact) mass is 1240 g/mol. The fraction of sp³-hybridized carbons (Fsp3) is 0.943. The van der Waals surface area contributed by atoms with Crippen LogP contribution in [-0.4, -0.2) is 122 Å². The number of hydrogen-bond donors (Lipinski definition) is 4. The van der Waals surface area contributed by atoms with Crippen molar-refractivity contribution in [2.75, 3.05) is 52.9 Å². The molecule has 516 valence electrons. The van der Waals surface area contributed by atoms with Crippen LogP contribution in [0.3, 0.4) is 0 Å². The summed E-state index contributed by atoms with van der Waals surface area (Å²) >= 11 is 0. The van der Waals surface area contributed by atoms with Crippen LogP contribution in [0, 0.1) is 23.7 Å². The van der Waals surface area contributed by atoms with E-state index in [9.17, 15) is 39.6 Å². The van der Waals surface area contributed by atoms with Crippen LogP contribution >= 0.6 is 0 Å². The smallest absolute Gasteiger partial charge is 0.434 e. The maximum atomic E-state index is 11.2. The maximum Gasteiger partial charge on any atom is 0.508 e. The zero-order valence-electron chi connectivity index (χ0n) is 57.8. The van der Waals surface area contributed by atoms with Crippen molar-refractivity contribution in [2.24, 2.45) is 23.7 Å². The lowest BCUT2D eigenvalue weighted by atomic mass is 9.97. The molecule has 0 aliphatic heterocycles. The van der Waals surface area contributed by atoms with Crippen LogP contribution in [0.1, 0.15) is 327 Å². The molecule has 16 nitrogen and oxygen atoms in total. The molecule has 0 aliphatic rings. The summed E-state index contributed by atoms with van der Waals surface area (Å²) < 4.78 is 39.0. The van der Waals surface area contributed by atoms with Gasteiger partial charge in [0.25, 0.3) is 0 Å². The van der Waals surface area contributed by atoms with E-state index < -0.39 is 49.0 Å². The van der Waals surface area contributed by atoms with Crippen LogP contribution in [0.25, 0.3) is 0 Å². The first-order valence-corrected chi connectivity index (χ1v) is 35.3. The molecule has 0 aromatic rings. The molecule has 16 heteroatoms. The van der Waals surface area contributed by atoms with Crippen LogP contribution in [0.5, 0.6) is 0 Å². The molecule has 8 unspecified atom stereocenters. The minimum atomic E-state index is -0.671. The van der Waals surface area contributed by atoms with Crippen molar-refractivity contribution in [3.63, 3.8) is 0 Å². The Hall–Kier alpha value is -3.08. The average Bonchev–Trinajstić information content (AvgIpc) is 3.52. The molecule has 0 saturated heterocycles. The molecule has 0 rings (SSSR count). The first kappa shape index (κ1) is 89.3. The number of unbranched alkanes of at least 4 members (excludes halogenated alkanes) is 18. The predicted molar refractivity (Wildman–Crippen MR) is 351 cm³/mol. The molecule has 0 radical (unpaired) electrons. The Morgan fingerprint density at radius 3 is 0.628 bits per heavy atom. The largest absolute Gasteiger partial charge is 0.508 e. The van der Waals surface area contributed by atoms with Crippen LogP contribution < -0.4 is 0 Å². The summed E-state index contributed by atoms with van der Waals surface area (Å²) in [4.78, 5) is 44.8. The molecule has 0 bridgehead atoms. The highest BCUT2D eigenvalue weighted by molar-refractivity contribution is 5.60. The molecule has 0 aromatic heterocycles. The molecule has 0 spiro atoms. The predicted octanol–water partition coefficient (Wildman–Crippen LogP) is 19.5. The Bertz CT molecular complexity index is 1400. The van der Waals surface area contributed by atoms with Crippen molar-refractivity contribution in [3.05, 3.63) is 0 Å². The van der Waals surface area contributed by atoms with E-state index in [-0.39, 0.29) is 26.4 Å². The molecule has 0 heterocycles. The van der Waals surface area contributed by atoms with E-state index in [1.165, 1.54) is 167 Å². The van der Waals surface area contributed by atoms with Gasteiger partial charge in [-0.25, -0.2) is 19.2 Å². The zero-order valence-corrected chi connectivity index (χ0v) is 57.8. The molecular formula is C70H140O16. The summed E-state index contributed by atoms with van der Waals surface area (Å²) in [6, 6.07) is 0. The lowest BCUT2D eigenvalue weighted by Crippen LogP contribution is -2.18. The third kappa shape index (κ3) is 75.2. The first-order valence-electron chi connectivity index (χ1n) is 35.3. The second-order valence-electron chi connectivity index (χ2n) is 24.4. The summed E-state index contributed by atoms with van der Waals surface area (Å²) in [6.45, 7) is 27.3. The average molecular weight is 1240 g/mol. The van der Waals surface area contributed by atoms with Gasteiger partial charge < -0.3 is 58.3 Å². The van der Waals surface area contributed by atoms with Crippen LogP contribution in [0.2, 0.25) is 0 Å². The van der Waals surface area contributed by atoms with Crippen LogP contribution in [-0.2, 0) is 37.9 Å². The van der Waals surface area contributed by atoms with Gasteiger partial charge in [0.15, 0.2) is 0 Å². The number of hydrogen-bond acceptors (Lipinski definition) is 16. The van der Waals surface area contributed by atoms with Gasteiger partial charge in [-0.1, -0.05) is 269 Å². The molecule has 0 amide bonds. The summed E-state index contributed by atoms with van der Waals surface area (Å²) in [7, 11) is 0. The van der Waals surface area contributed by atoms with E-state index in [1.54, 1.807) is 0 Å². The Kier molecular flexibility index (Phi) is 73.8. The quantitative estimate of drug-likeness (QED) is 0.0252. The second-order valence-corrected chi connectivity index (χ2v) is 24.4. The summed E-state index contributed by atoms with van der Waals surface area (Å²) in [5.41, 5.74) is 0. The van der Waals surface area contributed by atoms with E-state index in [0.29, 0.717) is 52.1 Å². The van der Waals surface area contributed by atoms with Gasteiger partial charge in [-0.2, -0.15) is 0 Å². The van der Waals surface area contributed by atoms with Gasteiger partial charge in [0, 0.05) is 0 Å². The van der Waals surface area contributed by atoms with Crippen molar-refractivity contribution < 1.29 is 77.5 Å². The zero-order chi connectivity index (χ0) is 65.1. The van der Waals surface area contributed by atoms with Crippen LogP contribution in [0.15, 0.2) is 0 Å². The SMILES string of the molecule is CCCCCC(C)CCCCCCOC(=O)OCC(O)CC.CCCCCC(C)CCCCCOC(=O)OCC(O)CC.CCCCCCC(C)CCCCCOC(=O)OCC(O)CC.CCCCCCC(C)CCCCOC(=O)OCC(O)CC. The number of rotatable bonds is 54. The third-order valence-corrected chi connectivity index (χ3v) is 15.4. The maximum absolute atomic E-state index is 11.2. The molecule has 0 aliphatic carbocycles. The molecular weight excluding hydrogens is 1100 g/mol. The highest BCUT2D eigenvalue weighted by atomic mass is 16.7. The molecule has 86 heavy (non-hydrogen) atoms. The standard InChI is InChI=1S/2C18H36O4.2C17H34O4/c1-4-6-9-12-16(3)13-10-7-8-11-14-21-18(20)22-15-17(19)5-2;1-4-6-7-9-12-16(3)13-10-8-11-14-21-18(20)22-15-17(19)5-2;1-4-6-8-11-15(3)12-9-7-10-13-20-17(19)21-14-16(18)5-2;1-4-6-7-8-11-15(3)12-9-10-13-20-17(19)21-14-16(18)5-2/h2*16-17,19H,4-15H2,1-3H3;2*15-16,18H,4-14H2,1-3H3. The van der Waals surface area contributed by atoms with Gasteiger partial charge in [-0.05, 0) is 81.5 Å². The minimum Gasteiger partial charge on any atom is -0.434 e. The Morgan fingerprint density at radius 2 is 0.407 bits per heavy atom. The molecule has 4 N–H and O–H groups in total. The highest BCUT2D eigenvalue weighted by Crippen LogP contribution is 2.20. The molecule has 0 aromatic carbocycles. The van der Waals surface area contributed by atoms with E-state index >= 15 is 0 Å². The molecule has 8 atom stereocenters. The molecule has 0 fully saturated rings. The topological polar surface area (TPSA) is 223 Å². The minimum absolute atomic E-state index is 0.0180. The lowest BCUT2D eigenvalue weighted by Gasteiger charge is -2.11. The van der Waals surface area contributed by atoms with Gasteiger partial charge in [-0.3, -0.25) is 0 Å². The van der Waals surface area contributed by atoms with Crippen molar-refractivity contribution in [3.8, 4) is 0 Å². The van der Waals surface area contributed by atoms with Gasteiger partial charge in [0.1, 0.15) is 26.4 Å². The van der Waals surface area contributed by atoms with Crippen LogP contribution in [0.4, 0.5) is 19.2 Å². The highest BCUT2D eigenvalue weighted by Gasteiger charge is 2.13. The van der Waals surface area contributed by atoms with Crippen molar-refractivity contribution in [1.82, 2.24) is 0 Å². The Balaban J connectivity index is -0.000000521. The van der Waals surface area contributed by atoms with Crippen molar-refractivity contribution in [1.29, 1.82) is 0 Å². The van der Waals surface area contributed by atoms with E-state index in [2.05, 4.69) is 55.4 Å². The fourth-order valence-electron chi connectivity index (χ4n) is 8.91. The van der Waals surface area contributed by atoms with Gasteiger partial charge in [-0.15, -0.1) is 0 Å². The second kappa shape index (κ2) is 71.0. The normalized spacial score (nSPS) is 13.7. The van der Waals surface area contributed by atoms with E-state index in [1.807, 2.05) is 27.7 Å². The van der Waals surface area contributed by atoms with Crippen molar-refractivity contribution >= 4 is 24.6 Å². The Morgan fingerprint density at radius 1 is 0.244 bits per heavy atom. The summed E-state index contributed by atoms with van der Waals surface area (Å²) in [5, 5.41) is 37.0. The third-order valence-electron chi connectivity index (χ3n) is 15.4. The number of carbonyl (C=O) groups is 4. The summed E-state index contributed by atoms with van der Waals surface area (Å²) in [5.74, 6) is 3.20. The van der Waals surface area contributed by atoms with Gasteiger partial charge in [0.2, 0.25) is 0 Å². The van der Waals surface area contributed by atoms with E-state index in [4.69, 9.17) is 37.9 Å². The van der Waals surface area contributed by atoms with Gasteiger partial charge in [0.05, 0.1) is 50.8 Å². The number of ether oxygens (including phenoxy) is 8. The number of carbonyl (C=O) groups excluding carboxylic acids is 4. The number of aliphatic hydroxyl groups is 4. The first-order chi connectivity index (χ1) is 41.4. The molecule has 0 saturated carbocycles. The van der Waals surface area contributed by atoms with E-state index in [0.717, 1.165) is 75.0 Å². The summed E-state index contributed by atoms with van der Waals surface area (Å²) in [6.07, 6.45) is 39.0. The number of aliphatic hydroxyl groups excluding tert-OH is 4. The van der Waals surface area contributed by atoms with Crippen molar-refractivity contribution in [2.45, 2.75) is 351 Å². The van der Waals surface area contributed by atoms with Gasteiger partial charge >= 0.3 is 24.6 Å². The lowest BCUT2D eigenvalue weighted by molar-refractivity contribution is 0.0170.